The average Bonchev–Trinajstić information content (AvgIpc) is 3.18. The summed E-state index contributed by atoms with van der Waals surface area (Å²) in [5.74, 6) is 0. The van der Waals surface area contributed by atoms with Gasteiger partial charge >= 0.3 is 6.09 Å². The van der Waals surface area contributed by atoms with Gasteiger partial charge in [-0.15, -0.1) is 11.3 Å². The zero-order valence-electron chi connectivity index (χ0n) is 14.6. The minimum absolute atomic E-state index is 0.0444. The molecule has 26 heavy (non-hydrogen) atoms. The van der Waals surface area contributed by atoms with Crippen molar-refractivity contribution in [3.05, 3.63) is 28.3 Å². The summed E-state index contributed by atoms with van der Waals surface area (Å²) in [6.07, 6.45) is 0.194. The standard InChI is InChI=1S/C16H19N3O5S2/c1-16(2,3)24-15(20)18-7-6-11(9-18)26(23)14-17-12-8-10(19(21)22)4-5-13(12)25-14/h4-5,8,11H,6-7,9H2,1-3H3/t11-,26+/m0/s1. The predicted molar refractivity (Wildman–Crippen MR) is 98.9 cm³/mol. The van der Waals surface area contributed by atoms with Crippen LogP contribution in [0.4, 0.5) is 10.5 Å². The molecule has 2 aromatic rings. The molecule has 0 bridgehead atoms. The van der Waals surface area contributed by atoms with Crippen molar-refractivity contribution in [2.45, 2.75) is 42.4 Å². The van der Waals surface area contributed by atoms with E-state index in [0.717, 1.165) is 4.70 Å². The third kappa shape index (κ3) is 4.01. The smallest absolute Gasteiger partial charge is 0.410 e. The van der Waals surface area contributed by atoms with Crippen LogP contribution >= 0.6 is 11.3 Å². The second-order valence-corrected chi connectivity index (χ2v) is 9.96. The Balaban J connectivity index is 1.73. The van der Waals surface area contributed by atoms with Crippen molar-refractivity contribution in [3.63, 3.8) is 0 Å². The van der Waals surface area contributed by atoms with Crippen molar-refractivity contribution < 1.29 is 18.7 Å². The van der Waals surface area contributed by atoms with E-state index in [-0.39, 0.29) is 10.9 Å². The van der Waals surface area contributed by atoms with Gasteiger partial charge in [-0.25, -0.2) is 9.78 Å². The molecule has 10 heteroatoms. The fourth-order valence-electron chi connectivity index (χ4n) is 2.63. The van der Waals surface area contributed by atoms with Gasteiger partial charge in [0.1, 0.15) is 5.60 Å². The Morgan fingerprint density at radius 3 is 2.85 bits per heavy atom. The van der Waals surface area contributed by atoms with Gasteiger partial charge < -0.3 is 9.64 Å². The molecular weight excluding hydrogens is 378 g/mol. The van der Waals surface area contributed by atoms with E-state index in [9.17, 15) is 19.1 Å². The zero-order valence-corrected chi connectivity index (χ0v) is 16.3. The van der Waals surface area contributed by atoms with Gasteiger partial charge in [0.25, 0.3) is 5.69 Å². The van der Waals surface area contributed by atoms with Crippen molar-refractivity contribution in [3.8, 4) is 0 Å². The normalized spacial score (nSPS) is 18.9. The van der Waals surface area contributed by atoms with Crippen molar-refractivity contribution in [1.82, 2.24) is 9.88 Å². The van der Waals surface area contributed by atoms with E-state index in [1.54, 1.807) is 31.7 Å². The van der Waals surface area contributed by atoms with Gasteiger partial charge in [-0.2, -0.15) is 0 Å². The molecule has 1 aliphatic rings. The number of aromatic nitrogens is 1. The average molecular weight is 397 g/mol. The van der Waals surface area contributed by atoms with Crippen molar-refractivity contribution >= 4 is 44.1 Å². The van der Waals surface area contributed by atoms with Crippen molar-refractivity contribution in [2.24, 2.45) is 0 Å². The molecule has 0 aliphatic carbocycles. The van der Waals surface area contributed by atoms with E-state index >= 15 is 0 Å². The fourth-order valence-corrected chi connectivity index (χ4v) is 5.42. The number of rotatable bonds is 3. The fraction of sp³-hybridized carbons (Fsp3) is 0.500. The number of hydrogen-bond acceptors (Lipinski definition) is 7. The summed E-state index contributed by atoms with van der Waals surface area (Å²) < 4.78 is 19.4. The number of fused-ring (bicyclic) bond motifs is 1. The summed E-state index contributed by atoms with van der Waals surface area (Å²) in [7, 11) is -1.38. The maximum Gasteiger partial charge on any atom is 0.410 e. The molecule has 1 aliphatic heterocycles. The molecule has 0 unspecified atom stereocenters. The molecular formula is C16H19N3O5S2. The maximum atomic E-state index is 12.8. The van der Waals surface area contributed by atoms with Crippen LogP contribution in [0.25, 0.3) is 10.2 Å². The second kappa shape index (κ2) is 6.92. The van der Waals surface area contributed by atoms with E-state index < -0.39 is 27.4 Å². The number of likely N-dealkylation sites (tertiary alicyclic amines) is 1. The lowest BCUT2D eigenvalue weighted by atomic mass is 10.2. The number of ether oxygens (including phenoxy) is 1. The molecule has 2 atom stereocenters. The van der Waals surface area contributed by atoms with E-state index in [0.29, 0.717) is 29.4 Å². The summed E-state index contributed by atoms with van der Waals surface area (Å²) >= 11 is 1.26. The quantitative estimate of drug-likeness (QED) is 0.581. The molecule has 140 valence electrons. The van der Waals surface area contributed by atoms with Gasteiger partial charge in [-0.1, -0.05) is 0 Å². The molecule has 0 saturated carbocycles. The number of carbonyl (C=O) groups is 1. The third-order valence-electron chi connectivity index (χ3n) is 3.83. The Kier molecular flexibility index (Phi) is 4.98. The molecule has 8 nitrogen and oxygen atoms in total. The predicted octanol–water partition coefficient (Wildman–Crippen LogP) is 3.32. The minimum Gasteiger partial charge on any atom is -0.444 e. The van der Waals surface area contributed by atoms with Crippen molar-refractivity contribution in [1.29, 1.82) is 0 Å². The first-order valence-corrected chi connectivity index (χ1v) is 10.1. The van der Waals surface area contributed by atoms with E-state index in [4.69, 9.17) is 4.74 Å². The highest BCUT2D eigenvalue weighted by atomic mass is 32.2. The molecule has 0 radical (unpaired) electrons. The van der Waals surface area contributed by atoms with Crippen LogP contribution in [0, 0.1) is 10.1 Å². The number of nitro benzene ring substituents is 1. The summed E-state index contributed by atoms with van der Waals surface area (Å²) in [5, 5.41) is 10.6. The molecule has 0 N–H and O–H groups in total. The molecule has 1 amide bonds. The van der Waals surface area contributed by atoms with Gasteiger partial charge in [-0.3, -0.25) is 14.3 Å². The second-order valence-electron chi connectivity index (χ2n) is 7.02. The Bertz CT molecular complexity index is 890. The highest BCUT2D eigenvalue weighted by Gasteiger charge is 2.34. The molecule has 3 rings (SSSR count). The van der Waals surface area contributed by atoms with Crippen molar-refractivity contribution in [2.75, 3.05) is 13.1 Å². The number of nitro groups is 1. The first-order chi connectivity index (χ1) is 12.1. The SMILES string of the molecule is CC(C)(C)OC(=O)N1CC[C@H]([S@@](=O)c2nc3cc([N+](=O)[O-])ccc3s2)C1. The van der Waals surface area contributed by atoms with Crippen LogP contribution in [0.15, 0.2) is 22.5 Å². The highest BCUT2D eigenvalue weighted by Crippen LogP contribution is 2.30. The number of carbonyl (C=O) groups excluding carboxylic acids is 1. The maximum absolute atomic E-state index is 12.8. The first-order valence-electron chi connectivity index (χ1n) is 8.07. The highest BCUT2D eigenvalue weighted by molar-refractivity contribution is 7.88. The van der Waals surface area contributed by atoms with Gasteiger partial charge in [0.15, 0.2) is 4.34 Å². The van der Waals surface area contributed by atoms with Gasteiger partial charge in [0, 0.05) is 25.2 Å². The van der Waals surface area contributed by atoms with Crippen LogP contribution in [0.5, 0.6) is 0 Å². The van der Waals surface area contributed by atoms with Crippen LogP contribution in [0.3, 0.4) is 0 Å². The number of thiazole rings is 1. The molecule has 0 spiro atoms. The van der Waals surface area contributed by atoms with Crippen LogP contribution < -0.4 is 0 Å². The number of amides is 1. The summed E-state index contributed by atoms with van der Waals surface area (Å²) in [6, 6.07) is 4.41. The summed E-state index contributed by atoms with van der Waals surface area (Å²) in [4.78, 5) is 28.4. The minimum atomic E-state index is -1.38. The lowest BCUT2D eigenvalue weighted by Gasteiger charge is -2.24. The van der Waals surface area contributed by atoms with Crippen LogP contribution in [0.1, 0.15) is 27.2 Å². The molecule has 1 aromatic heterocycles. The Labute approximate surface area is 156 Å². The third-order valence-corrected chi connectivity index (χ3v) is 6.83. The number of benzene rings is 1. The lowest BCUT2D eigenvalue weighted by Crippen LogP contribution is -2.36. The number of hydrogen-bond donors (Lipinski definition) is 0. The Hall–Kier alpha value is -2.07. The lowest BCUT2D eigenvalue weighted by molar-refractivity contribution is -0.384. The van der Waals surface area contributed by atoms with Gasteiger partial charge in [-0.05, 0) is 33.3 Å². The van der Waals surface area contributed by atoms with Crippen LogP contribution in [-0.4, -0.2) is 49.0 Å². The molecule has 1 aromatic carbocycles. The van der Waals surface area contributed by atoms with Crippen LogP contribution in [-0.2, 0) is 15.5 Å². The van der Waals surface area contributed by atoms with E-state index in [1.165, 1.54) is 23.5 Å². The van der Waals surface area contributed by atoms with E-state index in [2.05, 4.69) is 4.98 Å². The zero-order chi connectivity index (χ0) is 19.1. The molecule has 2 heterocycles. The monoisotopic (exact) mass is 397 g/mol. The number of nitrogens with zero attached hydrogens (tertiary/aromatic N) is 3. The summed E-state index contributed by atoms with van der Waals surface area (Å²) in [6.45, 7) is 6.24. The summed E-state index contributed by atoms with van der Waals surface area (Å²) in [5.41, 5.74) is -0.151. The number of non-ortho nitro benzene ring substituents is 1. The Morgan fingerprint density at radius 1 is 1.46 bits per heavy atom. The van der Waals surface area contributed by atoms with E-state index in [1.807, 2.05) is 0 Å². The molecule has 1 saturated heterocycles. The van der Waals surface area contributed by atoms with Gasteiger partial charge in [0.05, 0.1) is 31.2 Å². The van der Waals surface area contributed by atoms with Gasteiger partial charge in [0.2, 0.25) is 0 Å². The Morgan fingerprint density at radius 2 is 2.19 bits per heavy atom. The largest absolute Gasteiger partial charge is 0.444 e. The molecule has 1 fully saturated rings. The topological polar surface area (TPSA) is 103 Å². The van der Waals surface area contributed by atoms with Crippen LogP contribution in [0.2, 0.25) is 0 Å². The first kappa shape index (κ1) is 18.7.